The van der Waals surface area contributed by atoms with Gasteiger partial charge in [-0.3, -0.25) is 9.59 Å². The smallest absolute Gasteiger partial charge is 0.244 e. The van der Waals surface area contributed by atoms with Crippen molar-refractivity contribution in [1.29, 1.82) is 0 Å². The van der Waals surface area contributed by atoms with Gasteiger partial charge in [0.05, 0.1) is 6.61 Å². The molecule has 1 rings (SSSR count). The molecule has 0 heterocycles. The highest BCUT2D eigenvalue weighted by molar-refractivity contribution is 5.95. The van der Waals surface area contributed by atoms with Crippen LogP contribution in [-0.4, -0.2) is 38.1 Å². The molecule has 0 spiro atoms. The molecule has 1 aromatic carbocycles. The number of rotatable bonds is 7. The number of hydrogen-bond acceptors (Lipinski definition) is 3. The van der Waals surface area contributed by atoms with Crippen molar-refractivity contribution in [2.24, 2.45) is 0 Å². The van der Waals surface area contributed by atoms with E-state index in [4.69, 9.17) is 4.74 Å². The van der Waals surface area contributed by atoms with Gasteiger partial charge >= 0.3 is 0 Å². The third kappa shape index (κ3) is 6.15. The Morgan fingerprint density at radius 3 is 2.65 bits per heavy atom. The summed E-state index contributed by atoms with van der Waals surface area (Å²) in [5.41, 5.74) is 0.930. The first kappa shape index (κ1) is 15.9. The normalized spacial score (nSPS) is 12.1. The quantitative estimate of drug-likeness (QED) is 0.576. The third-order valence-electron chi connectivity index (χ3n) is 2.58. The van der Waals surface area contributed by atoms with E-state index in [0.29, 0.717) is 13.2 Å². The van der Waals surface area contributed by atoms with Gasteiger partial charge in [0.25, 0.3) is 0 Å². The first-order valence-electron chi connectivity index (χ1n) is 6.43. The van der Waals surface area contributed by atoms with Crippen LogP contribution in [0.2, 0.25) is 0 Å². The Labute approximate surface area is 119 Å². The molecule has 2 amide bonds. The molecule has 0 saturated carbocycles. The maximum atomic E-state index is 11.7. The number of hydrogen-bond donors (Lipinski definition) is 2. The second kappa shape index (κ2) is 8.87. The Hall–Kier alpha value is -2.14. The molecule has 0 aliphatic rings. The van der Waals surface area contributed by atoms with Crippen LogP contribution < -0.4 is 10.6 Å². The van der Waals surface area contributed by atoms with Crippen molar-refractivity contribution in [3.05, 3.63) is 42.0 Å². The van der Waals surface area contributed by atoms with Crippen LogP contribution in [0.25, 0.3) is 6.08 Å². The summed E-state index contributed by atoms with van der Waals surface area (Å²) in [6, 6.07) is 8.89. The number of benzene rings is 1. The Morgan fingerprint density at radius 2 is 2.00 bits per heavy atom. The van der Waals surface area contributed by atoms with Crippen molar-refractivity contribution in [1.82, 2.24) is 10.6 Å². The summed E-state index contributed by atoms with van der Waals surface area (Å²) in [4.78, 5) is 23.3. The van der Waals surface area contributed by atoms with Crippen LogP contribution in [-0.2, 0) is 14.3 Å². The first-order valence-corrected chi connectivity index (χ1v) is 6.43. The van der Waals surface area contributed by atoms with Crippen LogP contribution in [0.4, 0.5) is 0 Å². The monoisotopic (exact) mass is 276 g/mol. The standard InChI is InChI=1S/C15H20N2O3/c1-12(15(19)16-10-11-20-2)17-14(18)9-8-13-6-4-3-5-7-13/h3-9,12H,10-11H2,1-2H3,(H,16,19)(H,17,18)/b9-8+. The summed E-state index contributed by atoms with van der Waals surface area (Å²) in [6.45, 7) is 2.51. The van der Waals surface area contributed by atoms with E-state index in [2.05, 4.69) is 10.6 Å². The minimum atomic E-state index is -0.584. The molecule has 1 aromatic rings. The van der Waals surface area contributed by atoms with Crippen molar-refractivity contribution in [3.63, 3.8) is 0 Å². The van der Waals surface area contributed by atoms with Gasteiger partial charge < -0.3 is 15.4 Å². The van der Waals surface area contributed by atoms with Crippen molar-refractivity contribution in [2.45, 2.75) is 13.0 Å². The number of ether oxygens (including phenoxy) is 1. The van der Waals surface area contributed by atoms with Crippen LogP contribution in [0.3, 0.4) is 0 Å². The number of amides is 2. The highest BCUT2D eigenvalue weighted by atomic mass is 16.5. The van der Waals surface area contributed by atoms with Gasteiger partial charge in [-0.2, -0.15) is 0 Å². The predicted molar refractivity (Wildman–Crippen MR) is 78.0 cm³/mol. The molecule has 20 heavy (non-hydrogen) atoms. The Kier molecular flexibility index (Phi) is 7.06. The van der Waals surface area contributed by atoms with Gasteiger partial charge in [0.15, 0.2) is 0 Å². The molecule has 5 heteroatoms. The predicted octanol–water partition coefficient (Wildman–Crippen LogP) is 0.967. The average molecular weight is 276 g/mol. The van der Waals surface area contributed by atoms with Gasteiger partial charge in [-0.05, 0) is 18.6 Å². The summed E-state index contributed by atoms with van der Waals surface area (Å²) in [5.74, 6) is -0.535. The molecule has 0 radical (unpaired) electrons. The minimum absolute atomic E-state index is 0.233. The van der Waals surface area contributed by atoms with E-state index < -0.39 is 6.04 Å². The van der Waals surface area contributed by atoms with Gasteiger partial charge in [-0.15, -0.1) is 0 Å². The Bertz CT molecular complexity index is 457. The molecule has 0 saturated heterocycles. The zero-order valence-corrected chi connectivity index (χ0v) is 11.8. The summed E-state index contributed by atoms with van der Waals surface area (Å²) in [7, 11) is 1.56. The SMILES string of the molecule is COCCNC(=O)C(C)NC(=O)/C=C/c1ccccc1. The highest BCUT2D eigenvalue weighted by Gasteiger charge is 2.13. The van der Waals surface area contributed by atoms with E-state index in [1.165, 1.54) is 6.08 Å². The minimum Gasteiger partial charge on any atom is -0.383 e. The molecule has 1 atom stereocenters. The number of carbonyl (C=O) groups is 2. The molecule has 5 nitrogen and oxygen atoms in total. The molecule has 0 bridgehead atoms. The lowest BCUT2D eigenvalue weighted by Crippen LogP contribution is -2.45. The second-order valence-corrected chi connectivity index (χ2v) is 4.26. The van der Waals surface area contributed by atoms with Gasteiger partial charge in [-0.1, -0.05) is 30.3 Å². The lowest BCUT2D eigenvalue weighted by molar-refractivity contribution is -0.126. The van der Waals surface area contributed by atoms with E-state index in [1.807, 2.05) is 30.3 Å². The highest BCUT2D eigenvalue weighted by Crippen LogP contribution is 2.00. The molecule has 108 valence electrons. The Balaban J connectivity index is 2.38. The topological polar surface area (TPSA) is 67.4 Å². The van der Waals surface area contributed by atoms with E-state index >= 15 is 0 Å². The average Bonchev–Trinajstić information content (AvgIpc) is 2.46. The van der Waals surface area contributed by atoms with Gasteiger partial charge in [0.2, 0.25) is 11.8 Å². The zero-order chi connectivity index (χ0) is 14.8. The summed E-state index contributed by atoms with van der Waals surface area (Å²) in [6.07, 6.45) is 3.11. The summed E-state index contributed by atoms with van der Waals surface area (Å²) < 4.78 is 4.83. The van der Waals surface area contributed by atoms with E-state index in [1.54, 1.807) is 20.1 Å². The lowest BCUT2D eigenvalue weighted by Gasteiger charge is -2.12. The fourth-order valence-electron chi connectivity index (χ4n) is 1.49. The molecule has 1 unspecified atom stereocenters. The maximum absolute atomic E-state index is 11.7. The fourth-order valence-corrected chi connectivity index (χ4v) is 1.49. The van der Waals surface area contributed by atoms with Crippen molar-refractivity contribution in [3.8, 4) is 0 Å². The van der Waals surface area contributed by atoms with Crippen molar-refractivity contribution >= 4 is 17.9 Å². The van der Waals surface area contributed by atoms with Gasteiger partial charge in [0, 0.05) is 19.7 Å². The number of carbonyl (C=O) groups excluding carboxylic acids is 2. The van der Waals surface area contributed by atoms with Crippen LogP contribution in [0.5, 0.6) is 0 Å². The molecule has 0 aromatic heterocycles. The van der Waals surface area contributed by atoms with Crippen LogP contribution in [0.15, 0.2) is 36.4 Å². The van der Waals surface area contributed by atoms with Crippen molar-refractivity contribution < 1.29 is 14.3 Å². The van der Waals surface area contributed by atoms with E-state index in [9.17, 15) is 9.59 Å². The van der Waals surface area contributed by atoms with Crippen molar-refractivity contribution in [2.75, 3.05) is 20.3 Å². The summed E-state index contributed by atoms with van der Waals surface area (Å²) >= 11 is 0. The molecular formula is C15H20N2O3. The maximum Gasteiger partial charge on any atom is 0.244 e. The first-order chi connectivity index (χ1) is 9.63. The molecule has 0 aliphatic carbocycles. The second-order valence-electron chi connectivity index (χ2n) is 4.26. The Morgan fingerprint density at radius 1 is 1.30 bits per heavy atom. The third-order valence-corrected chi connectivity index (χ3v) is 2.58. The molecule has 2 N–H and O–H groups in total. The molecule has 0 aliphatic heterocycles. The largest absolute Gasteiger partial charge is 0.383 e. The lowest BCUT2D eigenvalue weighted by atomic mass is 10.2. The number of methoxy groups -OCH3 is 1. The molecule has 0 fully saturated rings. The fraction of sp³-hybridized carbons (Fsp3) is 0.333. The van der Waals surface area contributed by atoms with Gasteiger partial charge in [0.1, 0.15) is 6.04 Å². The van der Waals surface area contributed by atoms with Crippen LogP contribution >= 0.6 is 0 Å². The number of nitrogens with one attached hydrogen (secondary N) is 2. The zero-order valence-electron chi connectivity index (χ0n) is 11.8. The van der Waals surface area contributed by atoms with E-state index in [0.717, 1.165) is 5.56 Å². The van der Waals surface area contributed by atoms with E-state index in [-0.39, 0.29) is 11.8 Å². The van der Waals surface area contributed by atoms with Crippen LogP contribution in [0.1, 0.15) is 12.5 Å². The van der Waals surface area contributed by atoms with Gasteiger partial charge in [-0.25, -0.2) is 0 Å². The summed E-state index contributed by atoms with van der Waals surface area (Å²) in [5, 5.41) is 5.26. The van der Waals surface area contributed by atoms with Crippen LogP contribution in [0, 0.1) is 0 Å². The molecular weight excluding hydrogens is 256 g/mol.